The van der Waals surface area contributed by atoms with Crippen molar-refractivity contribution in [3.63, 3.8) is 0 Å². The highest BCUT2D eigenvalue weighted by atomic mass is 35.5. The van der Waals surface area contributed by atoms with E-state index in [9.17, 15) is 9.50 Å². The van der Waals surface area contributed by atoms with Gasteiger partial charge in [0.05, 0.1) is 23.3 Å². The van der Waals surface area contributed by atoms with Gasteiger partial charge in [-0.1, -0.05) is 29.3 Å². The summed E-state index contributed by atoms with van der Waals surface area (Å²) in [6, 6.07) is 7.35. The fourth-order valence-corrected chi connectivity index (χ4v) is 2.41. The van der Waals surface area contributed by atoms with Crippen LogP contribution < -0.4 is 9.47 Å². The maximum Gasteiger partial charge on any atom is 0.180 e. The number of halogens is 3. The molecule has 0 aromatic heterocycles. The van der Waals surface area contributed by atoms with E-state index < -0.39 is 5.82 Å². The van der Waals surface area contributed by atoms with Crippen LogP contribution in [0.15, 0.2) is 30.3 Å². The second-order valence-corrected chi connectivity index (χ2v) is 5.33. The smallest absolute Gasteiger partial charge is 0.180 e. The summed E-state index contributed by atoms with van der Waals surface area (Å²) in [5.74, 6) is 0.396. The molecule has 0 heterocycles. The van der Waals surface area contributed by atoms with Gasteiger partial charge in [0.1, 0.15) is 12.4 Å². The molecule has 1 N–H and O–H groups in total. The molecule has 0 amide bonds. The standard InChI is InChI=1S/C16H15Cl2FO3/c1-2-21-15-6-10(8-20)5-14(18)16(15)22-9-11-3-4-12(19)7-13(11)17/h3-7,20H,2,8-9H2,1H3. The lowest BCUT2D eigenvalue weighted by Gasteiger charge is -2.15. The molecule has 0 fully saturated rings. The lowest BCUT2D eigenvalue weighted by Crippen LogP contribution is -2.02. The fourth-order valence-electron chi connectivity index (χ4n) is 1.90. The highest BCUT2D eigenvalue weighted by Crippen LogP contribution is 2.37. The van der Waals surface area contributed by atoms with E-state index >= 15 is 0 Å². The van der Waals surface area contributed by atoms with E-state index in [1.807, 2.05) is 6.92 Å². The Labute approximate surface area is 138 Å². The van der Waals surface area contributed by atoms with Gasteiger partial charge in [0.2, 0.25) is 0 Å². The molecule has 22 heavy (non-hydrogen) atoms. The van der Waals surface area contributed by atoms with Crippen molar-refractivity contribution in [3.8, 4) is 11.5 Å². The molecule has 0 bridgehead atoms. The van der Waals surface area contributed by atoms with E-state index in [0.717, 1.165) is 0 Å². The van der Waals surface area contributed by atoms with Gasteiger partial charge in [0, 0.05) is 5.56 Å². The minimum Gasteiger partial charge on any atom is -0.490 e. The van der Waals surface area contributed by atoms with Crippen LogP contribution >= 0.6 is 23.2 Å². The third kappa shape index (κ3) is 4.03. The van der Waals surface area contributed by atoms with Gasteiger partial charge in [0.25, 0.3) is 0 Å². The molecule has 0 radical (unpaired) electrons. The number of hydrogen-bond donors (Lipinski definition) is 1. The van der Waals surface area contributed by atoms with Crippen LogP contribution in [0.1, 0.15) is 18.1 Å². The second kappa shape index (κ2) is 7.68. The molecular formula is C16H15Cl2FO3. The zero-order chi connectivity index (χ0) is 16.1. The average molecular weight is 345 g/mol. The first-order valence-electron chi connectivity index (χ1n) is 6.68. The summed E-state index contributed by atoms with van der Waals surface area (Å²) in [4.78, 5) is 0. The van der Waals surface area contributed by atoms with Crippen molar-refractivity contribution >= 4 is 23.2 Å². The highest BCUT2D eigenvalue weighted by Gasteiger charge is 2.13. The summed E-state index contributed by atoms with van der Waals surface area (Å²) < 4.78 is 24.2. The van der Waals surface area contributed by atoms with Crippen LogP contribution in [0.3, 0.4) is 0 Å². The van der Waals surface area contributed by atoms with Gasteiger partial charge >= 0.3 is 0 Å². The summed E-state index contributed by atoms with van der Waals surface area (Å²) >= 11 is 12.1. The van der Waals surface area contributed by atoms with E-state index in [2.05, 4.69) is 0 Å². The quantitative estimate of drug-likeness (QED) is 0.831. The van der Waals surface area contributed by atoms with Crippen LogP contribution in [0.2, 0.25) is 10.0 Å². The summed E-state index contributed by atoms with van der Waals surface area (Å²) in [5, 5.41) is 9.81. The monoisotopic (exact) mass is 344 g/mol. The number of ether oxygens (including phenoxy) is 2. The topological polar surface area (TPSA) is 38.7 Å². The maximum atomic E-state index is 13.0. The first-order chi connectivity index (χ1) is 10.5. The lowest BCUT2D eigenvalue weighted by atomic mass is 10.2. The Bertz CT molecular complexity index is 662. The van der Waals surface area contributed by atoms with E-state index in [0.29, 0.717) is 34.3 Å². The normalized spacial score (nSPS) is 10.6. The molecule has 2 aromatic rings. The Morgan fingerprint density at radius 2 is 1.86 bits per heavy atom. The molecule has 2 aromatic carbocycles. The van der Waals surface area contributed by atoms with Crippen LogP contribution in [0.25, 0.3) is 0 Å². The van der Waals surface area contributed by atoms with Gasteiger partial charge in [-0.15, -0.1) is 0 Å². The largest absolute Gasteiger partial charge is 0.490 e. The van der Waals surface area contributed by atoms with Crippen LogP contribution in [0, 0.1) is 5.82 Å². The zero-order valence-corrected chi connectivity index (χ0v) is 13.4. The molecule has 118 valence electrons. The first-order valence-corrected chi connectivity index (χ1v) is 7.43. The highest BCUT2D eigenvalue weighted by molar-refractivity contribution is 6.32. The van der Waals surface area contributed by atoms with Gasteiger partial charge in [-0.3, -0.25) is 0 Å². The molecule has 2 rings (SSSR count). The molecule has 0 saturated heterocycles. The van der Waals surface area contributed by atoms with Crippen molar-refractivity contribution in [3.05, 3.63) is 57.3 Å². The third-order valence-electron chi connectivity index (χ3n) is 2.94. The van der Waals surface area contributed by atoms with Gasteiger partial charge < -0.3 is 14.6 Å². The zero-order valence-electron chi connectivity index (χ0n) is 11.9. The van der Waals surface area contributed by atoms with E-state index in [1.54, 1.807) is 18.2 Å². The molecule has 0 aliphatic heterocycles. The van der Waals surface area contributed by atoms with Crippen LogP contribution in [-0.4, -0.2) is 11.7 Å². The molecule has 3 nitrogen and oxygen atoms in total. The van der Waals surface area contributed by atoms with E-state index in [-0.39, 0.29) is 18.2 Å². The Hall–Kier alpha value is -1.49. The predicted molar refractivity (Wildman–Crippen MR) is 84.3 cm³/mol. The molecule has 0 saturated carbocycles. The first kappa shape index (κ1) is 16.9. The second-order valence-electron chi connectivity index (χ2n) is 4.52. The van der Waals surface area contributed by atoms with Gasteiger partial charge in [-0.25, -0.2) is 4.39 Å². The van der Waals surface area contributed by atoms with Crippen molar-refractivity contribution in [2.75, 3.05) is 6.61 Å². The van der Waals surface area contributed by atoms with Gasteiger partial charge in [0.15, 0.2) is 11.5 Å². The summed E-state index contributed by atoms with van der Waals surface area (Å²) in [6.07, 6.45) is 0. The Morgan fingerprint density at radius 1 is 1.09 bits per heavy atom. The molecule has 6 heteroatoms. The fraction of sp³-hybridized carbons (Fsp3) is 0.250. The van der Waals surface area contributed by atoms with Gasteiger partial charge in [-0.2, -0.15) is 0 Å². The number of aliphatic hydroxyl groups is 1. The minimum absolute atomic E-state index is 0.122. The van der Waals surface area contributed by atoms with Crippen LogP contribution in [0.5, 0.6) is 11.5 Å². The van der Waals surface area contributed by atoms with Crippen molar-refractivity contribution in [2.45, 2.75) is 20.1 Å². The molecule has 0 spiro atoms. The number of rotatable bonds is 6. The number of hydrogen-bond acceptors (Lipinski definition) is 3. The minimum atomic E-state index is -0.408. The summed E-state index contributed by atoms with van der Waals surface area (Å²) in [7, 11) is 0. The predicted octanol–water partition coefficient (Wildman–Crippen LogP) is 4.60. The number of benzene rings is 2. The van der Waals surface area contributed by atoms with Crippen LogP contribution in [0.4, 0.5) is 4.39 Å². The molecule has 0 atom stereocenters. The van der Waals surface area contributed by atoms with Crippen molar-refractivity contribution in [1.29, 1.82) is 0 Å². The SMILES string of the molecule is CCOc1cc(CO)cc(Cl)c1OCc1ccc(F)cc1Cl. The summed E-state index contributed by atoms with van der Waals surface area (Å²) in [5.41, 5.74) is 1.26. The molecule has 0 aliphatic rings. The maximum absolute atomic E-state index is 13.0. The molecule has 0 unspecified atom stereocenters. The summed E-state index contributed by atoms with van der Waals surface area (Å²) in [6.45, 7) is 2.24. The Kier molecular flexibility index (Phi) is 5.89. The van der Waals surface area contributed by atoms with Crippen molar-refractivity contribution in [1.82, 2.24) is 0 Å². The van der Waals surface area contributed by atoms with E-state index in [4.69, 9.17) is 32.7 Å². The number of aliphatic hydroxyl groups excluding tert-OH is 1. The average Bonchev–Trinajstić information content (AvgIpc) is 2.48. The lowest BCUT2D eigenvalue weighted by molar-refractivity contribution is 0.264. The van der Waals surface area contributed by atoms with Crippen molar-refractivity contribution in [2.24, 2.45) is 0 Å². The van der Waals surface area contributed by atoms with E-state index in [1.165, 1.54) is 12.1 Å². The molecule has 0 aliphatic carbocycles. The van der Waals surface area contributed by atoms with Crippen molar-refractivity contribution < 1.29 is 19.0 Å². The Balaban J connectivity index is 2.24. The molecular weight excluding hydrogens is 330 g/mol. The van der Waals surface area contributed by atoms with Gasteiger partial charge in [-0.05, 0) is 36.8 Å². The van der Waals surface area contributed by atoms with Crippen LogP contribution in [-0.2, 0) is 13.2 Å². The third-order valence-corrected chi connectivity index (χ3v) is 3.57. The Morgan fingerprint density at radius 3 is 2.50 bits per heavy atom.